The molecule has 3 aromatic rings. The molecule has 0 bridgehead atoms. The van der Waals surface area contributed by atoms with Gasteiger partial charge in [0.05, 0.1) is 47.1 Å². The lowest BCUT2D eigenvalue weighted by atomic mass is 10.0. The quantitative estimate of drug-likeness (QED) is 0.339. The third-order valence-corrected chi connectivity index (χ3v) is 9.42. The minimum atomic E-state index is -0.473. The SMILES string of the molecule is Cc1c(F)ccc(C(=O)Nc2c(N3C[C@@H](C)N(C)[C@@H](C)C3)ccc(-n3cc(C(=O)NCCCN4CCOCC4)nn3)c2C)c1Cl. The van der Waals surface area contributed by atoms with E-state index in [4.69, 9.17) is 16.3 Å². The molecular weight excluding hydrogens is 599 g/mol. The summed E-state index contributed by atoms with van der Waals surface area (Å²) in [4.78, 5) is 33.4. The Bertz CT molecular complexity index is 1530. The monoisotopic (exact) mass is 640 g/mol. The van der Waals surface area contributed by atoms with E-state index in [0.29, 0.717) is 17.9 Å². The highest BCUT2D eigenvalue weighted by atomic mass is 35.5. The number of anilines is 2. The van der Waals surface area contributed by atoms with Crippen LogP contribution in [0.1, 0.15) is 52.2 Å². The molecule has 242 valence electrons. The molecule has 1 aromatic heterocycles. The Labute approximate surface area is 268 Å². The van der Waals surface area contributed by atoms with Gasteiger partial charge < -0.3 is 20.3 Å². The molecule has 11 nitrogen and oxygen atoms in total. The summed E-state index contributed by atoms with van der Waals surface area (Å²) in [5.74, 6) is -1.22. The molecule has 0 spiro atoms. The van der Waals surface area contributed by atoms with Crippen LogP contribution in [0.5, 0.6) is 0 Å². The largest absolute Gasteiger partial charge is 0.379 e. The van der Waals surface area contributed by atoms with Crippen LogP contribution in [0.2, 0.25) is 5.02 Å². The summed E-state index contributed by atoms with van der Waals surface area (Å²) in [5, 5.41) is 14.4. The van der Waals surface area contributed by atoms with E-state index in [1.807, 2.05) is 19.1 Å². The Morgan fingerprint density at radius 2 is 1.71 bits per heavy atom. The first-order chi connectivity index (χ1) is 21.5. The van der Waals surface area contributed by atoms with Crippen molar-refractivity contribution in [3.05, 3.63) is 63.7 Å². The van der Waals surface area contributed by atoms with Crippen molar-refractivity contribution < 1.29 is 18.7 Å². The molecule has 2 aliphatic rings. The molecule has 2 fully saturated rings. The van der Waals surface area contributed by atoms with Gasteiger partial charge in [0.1, 0.15) is 5.82 Å². The third-order valence-electron chi connectivity index (χ3n) is 8.93. The van der Waals surface area contributed by atoms with Crippen molar-refractivity contribution in [2.75, 3.05) is 69.7 Å². The van der Waals surface area contributed by atoms with Crippen LogP contribution < -0.4 is 15.5 Å². The van der Waals surface area contributed by atoms with Gasteiger partial charge in [-0.25, -0.2) is 9.07 Å². The average Bonchev–Trinajstić information content (AvgIpc) is 3.52. The number of piperazine rings is 1. The zero-order valence-electron chi connectivity index (χ0n) is 26.6. The number of carbonyl (C=O) groups excluding carboxylic acids is 2. The summed E-state index contributed by atoms with van der Waals surface area (Å²) in [6, 6.07) is 7.08. The Morgan fingerprint density at radius 3 is 2.42 bits per heavy atom. The first-order valence-corrected chi connectivity index (χ1v) is 15.8. The lowest BCUT2D eigenvalue weighted by molar-refractivity contribution is 0.0374. The number of likely N-dealkylation sites (N-methyl/N-ethyl adjacent to an activating group) is 1. The van der Waals surface area contributed by atoms with E-state index in [1.54, 1.807) is 17.8 Å². The Hall–Kier alpha value is -3.58. The second kappa shape index (κ2) is 14.2. The standard InChI is InChI=1S/C32H42ClFN8O3/c1-20-17-41(18-21(2)39(20)5)28-10-9-27(23(4)30(28)36-31(43)24-7-8-25(34)22(3)29(24)33)42-19-26(37-38-42)32(44)35-11-6-12-40-13-15-45-16-14-40/h7-10,19-21H,6,11-18H2,1-5H3,(H,35,44)(H,36,43)/t20-,21+. The molecule has 13 heteroatoms. The van der Waals surface area contributed by atoms with E-state index in [-0.39, 0.29) is 39.8 Å². The molecule has 0 aliphatic carbocycles. The van der Waals surface area contributed by atoms with Crippen LogP contribution >= 0.6 is 11.6 Å². The number of rotatable bonds is 9. The summed E-state index contributed by atoms with van der Waals surface area (Å²) in [6.45, 7) is 14.0. The maximum Gasteiger partial charge on any atom is 0.273 e. The molecule has 2 aliphatic heterocycles. The number of morpholine rings is 1. The van der Waals surface area contributed by atoms with Crippen molar-refractivity contribution in [1.29, 1.82) is 0 Å². The maximum absolute atomic E-state index is 14.1. The number of amides is 2. The molecule has 0 radical (unpaired) electrons. The van der Waals surface area contributed by atoms with Gasteiger partial charge in [-0.3, -0.25) is 19.4 Å². The topological polar surface area (TPSA) is 108 Å². The number of nitrogens with zero attached hydrogens (tertiary/aromatic N) is 6. The van der Waals surface area contributed by atoms with Gasteiger partial charge in [-0.1, -0.05) is 16.8 Å². The fourth-order valence-electron chi connectivity index (χ4n) is 5.88. The van der Waals surface area contributed by atoms with Crippen molar-refractivity contribution in [2.24, 2.45) is 0 Å². The minimum absolute atomic E-state index is 0.0709. The number of benzene rings is 2. The Morgan fingerprint density at radius 1 is 1.02 bits per heavy atom. The van der Waals surface area contributed by atoms with E-state index in [9.17, 15) is 14.0 Å². The highest BCUT2D eigenvalue weighted by molar-refractivity contribution is 6.35. The van der Waals surface area contributed by atoms with Crippen molar-refractivity contribution >= 4 is 34.8 Å². The predicted molar refractivity (Wildman–Crippen MR) is 173 cm³/mol. The summed E-state index contributed by atoms with van der Waals surface area (Å²) in [5.41, 5.74) is 3.42. The first-order valence-electron chi connectivity index (χ1n) is 15.4. The van der Waals surface area contributed by atoms with Crippen LogP contribution in [0, 0.1) is 19.7 Å². The van der Waals surface area contributed by atoms with E-state index >= 15 is 0 Å². The number of hydrogen-bond acceptors (Lipinski definition) is 8. The molecule has 5 rings (SSSR count). The second-order valence-corrected chi connectivity index (χ2v) is 12.4. The fourth-order valence-corrected chi connectivity index (χ4v) is 6.12. The number of ether oxygens (including phenoxy) is 1. The van der Waals surface area contributed by atoms with Gasteiger partial charge in [-0.05, 0) is 72.0 Å². The van der Waals surface area contributed by atoms with Gasteiger partial charge in [0.15, 0.2) is 5.69 Å². The minimum Gasteiger partial charge on any atom is -0.379 e. The van der Waals surface area contributed by atoms with Crippen molar-refractivity contribution in [3.8, 4) is 5.69 Å². The van der Waals surface area contributed by atoms with Crippen LogP contribution in [-0.4, -0.2) is 108 Å². The van der Waals surface area contributed by atoms with Crippen LogP contribution in [0.15, 0.2) is 30.5 Å². The molecular formula is C32H42ClFN8O3. The molecule has 2 aromatic carbocycles. The van der Waals surface area contributed by atoms with Crippen molar-refractivity contribution in [3.63, 3.8) is 0 Å². The van der Waals surface area contributed by atoms with Crippen LogP contribution in [0.3, 0.4) is 0 Å². The number of halogens is 2. The normalized spacial score (nSPS) is 19.5. The van der Waals surface area contributed by atoms with Gasteiger partial charge in [0.2, 0.25) is 0 Å². The molecule has 2 atom stereocenters. The van der Waals surface area contributed by atoms with Crippen LogP contribution in [0.25, 0.3) is 5.69 Å². The molecule has 2 N–H and O–H groups in total. The summed E-state index contributed by atoms with van der Waals surface area (Å²) in [6.07, 6.45) is 2.41. The zero-order valence-corrected chi connectivity index (χ0v) is 27.3. The smallest absolute Gasteiger partial charge is 0.273 e. The van der Waals surface area contributed by atoms with Gasteiger partial charge in [-0.2, -0.15) is 0 Å². The first kappa shape index (κ1) is 32.8. The fraction of sp³-hybridized carbons (Fsp3) is 0.500. The van der Waals surface area contributed by atoms with E-state index in [1.165, 1.54) is 12.1 Å². The van der Waals surface area contributed by atoms with E-state index in [0.717, 1.165) is 63.6 Å². The Kier molecular flexibility index (Phi) is 10.4. The zero-order chi connectivity index (χ0) is 32.2. The average molecular weight is 641 g/mol. The highest BCUT2D eigenvalue weighted by Crippen LogP contribution is 2.36. The maximum atomic E-state index is 14.1. The van der Waals surface area contributed by atoms with Gasteiger partial charge in [-0.15, -0.1) is 5.10 Å². The number of nitrogens with one attached hydrogen (secondary N) is 2. The number of carbonyl (C=O) groups is 2. The molecule has 2 amide bonds. The van der Waals surface area contributed by atoms with Crippen molar-refractivity contribution in [1.82, 2.24) is 30.1 Å². The summed E-state index contributed by atoms with van der Waals surface area (Å²) >= 11 is 6.40. The molecule has 45 heavy (non-hydrogen) atoms. The lowest BCUT2D eigenvalue weighted by Crippen LogP contribution is -2.55. The Balaban J connectivity index is 1.39. The van der Waals surface area contributed by atoms with E-state index < -0.39 is 11.7 Å². The van der Waals surface area contributed by atoms with Gasteiger partial charge in [0.25, 0.3) is 11.8 Å². The highest BCUT2D eigenvalue weighted by Gasteiger charge is 2.30. The van der Waals surface area contributed by atoms with Gasteiger partial charge in [0, 0.05) is 55.9 Å². The van der Waals surface area contributed by atoms with Crippen molar-refractivity contribution in [2.45, 2.75) is 46.2 Å². The molecule has 3 heterocycles. The lowest BCUT2D eigenvalue weighted by Gasteiger charge is -2.44. The molecule has 2 saturated heterocycles. The van der Waals surface area contributed by atoms with Crippen LogP contribution in [-0.2, 0) is 4.74 Å². The number of aromatic nitrogens is 3. The number of hydrogen-bond donors (Lipinski definition) is 2. The summed E-state index contributed by atoms with van der Waals surface area (Å²) < 4.78 is 21.0. The third kappa shape index (κ3) is 7.30. The second-order valence-electron chi connectivity index (χ2n) is 12.0. The predicted octanol–water partition coefficient (Wildman–Crippen LogP) is 3.91. The van der Waals surface area contributed by atoms with Gasteiger partial charge >= 0.3 is 0 Å². The molecule has 0 saturated carbocycles. The van der Waals surface area contributed by atoms with Crippen LogP contribution in [0.4, 0.5) is 15.8 Å². The van der Waals surface area contributed by atoms with E-state index in [2.05, 4.69) is 56.5 Å². The molecule has 0 unspecified atom stereocenters. The summed E-state index contributed by atoms with van der Waals surface area (Å²) in [7, 11) is 2.12.